The zero-order valence-corrected chi connectivity index (χ0v) is 25.7. The number of ketones is 2. The average Bonchev–Trinajstić information content (AvgIpc) is 3.42. The van der Waals surface area contributed by atoms with Gasteiger partial charge in [0.25, 0.3) is 0 Å². The summed E-state index contributed by atoms with van der Waals surface area (Å²) in [6.07, 6.45) is 2.28. The first-order valence-electron chi connectivity index (χ1n) is 14.6. The van der Waals surface area contributed by atoms with E-state index in [2.05, 4.69) is 13.8 Å². The van der Waals surface area contributed by atoms with E-state index in [-0.39, 0.29) is 54.2 Å². The Bertz CT molecular complexity index is 983. The van der Waals surface area contributed by atoms with Gasteiger partial charge in [0.2, 0.25) is 11.8 Å². The summed E-state index contributed by atoms with van der Waals surface area (Å²) in [6, 6.07) is 9.25. The molecule has 1 aliphatic rings. The van der Waals surface area contributed by atoms with Crippen LogP contribution in [-0.2, 0) is 35.1 Å². The number of likely N-dealkylation sites (tertiary alicyclic amines) is 1. The Morgan fingerprint density at radius 2 is 1.68 bits per heavy atom. The largest absolute Gasteiger partial charge is 0.379 e. The molecule has 0 aliphatic carbocycles. The molecule has 8 heteroatoms. The summed E-state index contributed by atoms with van der Waals surface area (Å²) in [5.74, 6) is -0.889. The SMILES string of the molecule is CC[C@H](C)[C@@H]([C@@H](CC(=O)N1CCC[C@H]1[C@H](OC)[C@@H](C)C(=O)C[C@@H](Cc1ccccc1)C(C)=O)OC)N(C)C(C)=O. The molecule has 1 heterocycles. The Kier molecular flexibility index (Phi) is 13.5. The van der Waals surface area contributed by atoms with Gasteiger partial charge in [0, 0.05) is 53.0 Å². The fourth-order valence-electron chi connectivity index (χ4n) is 6.09. The predicted molar refractivity (Wildman–Crippen MR) is 156 cm³/mol. The van der Waals surface area contributed by atoms with Gasteiger partial charge >= 0.3 is 0 Å². The Hall–Kier alpha value is -2.58. The molecule has 7 atom stereocenters. The number of hydrogen-bond donors (Lipinski definition) is 0. The van der Waals surface area contributed by atoms with Crippen LogP contribution in [-0.4, -0.2) is 85.3 Å². The van der Waals surface area contributed by atoms with Crippen molar-refractivity contribution >= 4 is 23.4 Å². The minimum atomic E-state index is -0.477. The van der Waals surface area contributed by atoms with Crippen molar-refractivity contribution in [3.8, 4) is 0 Å². The van der Waals surface area contributed by atoms with Crippen LogP contribution >= 0.6 is 0 Å². The number of amides is 2. The zero-order chi connectivity index (χ0) is 30.0. The van der Waals surface area contributed by atoms with Gasteiger partial charge in [-0.1, -0.05) is 57.5 Å². The van der Waals surface area contributed by atoms with Crippen LogP contribution in [0, 0.1) is 17.8 Å². The van der Waals surface area contributed by atoms with Gasteiger partial charge in [-0.15, -0.1) is 0 Å². The van der Waals surface area contributed by atoms with E-state index in [0.29, 0.717) is 13.0 Å². The maximum absolute atomic E-state index is 13.7. The molecule has 224 valence electrons. The van der Waals surface area contributed by atoms with Crippen LogP contribution in [0.5, 0.6) is 0 Å². The van der Waals surface area contributed by atoms with Gasteiger partial charge in [-0.3, -0.25) is 19.2 Å². The first-order chi connectivity index (χ1) is 19.0. The molecule has 2 rings (SSSR count). The highest BCUT2D eigenvalue weighted by molar-refractivity contribution is 5.88. The molecule has 1 aromatic carbocycles. The number of methoxy groups -OCH3 is 2. The molecular formula is C32H50N2O6. The fourth-order valence-corrected chi connectivity index (χ4v) is 6.09. The third-order valence-electron chi connectivity index (χ3n) is 8.85. The van der Waals surface area contributed by atoms with Crippen molar-refractivity contribution < 1.29 is 28.7 Å². The smallest absolute Gasteiger partial charge is 0.225 e. The summed E-state index contributed by atoms with van der Waals surface area (Å²) in [5.41, 5.74) is 1.03. The molecule has 0 saturated carbocycles. The number of ether oxygens (including phenoxy) is 2. The molecule has 0 unspecified atom stereocenters. The number of carbonyl (C=O) groups excluding carboxylic acids is 4. The van der Waals surface area contributed by atoms with E-state index in [0.717, 1.165) is 24.8 Å². The average molecular weight is 559 g/mol. The number of likely N-dealkylation sites (N-methyl/N-ethyl adjacent to an activating group) is 1. The maximum atomic E-state index is 13.7. The van der Waals surface area contributed by atoms with Gasteiger partial charge in [-0.25, -0.2) is 0 Å². The topological polar surface area (TPSA) is 93.2 Å². The minimum Gasteiger partial charge on any atom is -0.379 e. The molecule has 0 N–H and O–H groups in total. The van der Waals surface area contributed by atoms with Crippen LogP contribution in [0.1, 0.15) is 72.3 Å². The quantitative estimate of drug-likeness (QED) is 0.300. The summed E-state index contributed by atoms with van der Waals surface area (Å²) >= 11 is 0. The summed E-state index contributed by atoms with van der Waals surface area (Å²) < 4.78 is 11.7. The van der Waals surface area contributed by atoms with E-state index in [1.165, 1.54) is 6.92 Å². The van der Waals surface area contributed by atoms with Gasteiger partial charge < -0.3 is 19.3 Å². The second-order valence-electron chi connectivity index (χ2n) is 11.4. The van der Waals surface area contributed by atoms with Gasteiger partial charge in [0.1, 0.15) is 11.6 Å². The lowest BCUT2D eigenvalue weighted by atomic mass is 9.84. The van der Waals surface area contributed by atoms with Crippen LogP contribution in [0.3, 0.4) is 0 Å². The number of nitrogens with zero attached hydrogens (tertiary/aromatic N) is 2. The first kappa shape index (κ1) is 33.6. The summed E-state index contributed by atoms with van der Waals surface area (Å²) in [4.78, 5) is 55.3. The maximum Gasteiger partial charge on any atom is 0.225 e. The lowest BCUT2D eigenvalue weighted by Crippen LogP contribution is -2.52. The number of benzene rings is 1. The van der Waals surface area contributed by atoms with E-state index >= 15 is 0 Å². The highest BCUT2D eigenvalue weighted by atomic mass is 16.5. The normalized spacial score (nSPS) is 19.8. The molecule has 1 aliphatic heterocycles. The molecular weight excluding hydrogens is 508 g/mol. The molecule has 2 amide bonds. The third-order valence-corrected chi connectivity index (χ3v) is 8.85. The Balaban J connectivity index is 2.16. The van der Waals surface area contributed by atoms with E-state index in [1.54, 1.807) is 33.1 Å². The molecule has 1 saturated heterocycles. The summed E-state index contributed by atoms with van der Waals surface area (Å²) in [5, 5.41) is 0. The van der Waals surface area contributed by atoms with E-state index in [1.807, 2.05) is 42.2 Å². The van der Waals surface area contributed by atoms with Crippen LogP contribution < -0.4 is 0 Å². The lowest BCUT2D eigenvalue weighted by Gasteiger charge is -2.39. The Labute approximate surface area is 240 Å². The molecule has 0 spiro atoms. The minimum absolute atomic E-state index is 0.00645. The second-order valence-corrected chi connectivity index (χ2v) is 11.4. The van der Waals surface area contributed by atoms with Crippen molar-refractivity contribution in [2.75, 3.05) is 27.8 Å². The van der Waals surface area contributed by atoms with Crippen molar-refractivity contribution in [2.24, 2.45) is 17.8 Å². The monoisotopic (exact) mass is 558 g/mol. The first-order valence-corrected chi connectivity index (χ1v) is 14.6. The van der Waals surface area contributed by atoms with Gasteiger partial charge in [-0.05, 0) is 37.7 Å². The predicted octanol–water partition coefficient (Wildman–Crippen LogP) is 4.33. The Morgan fingerprint density at radius 3 is 2.20 bits per heavy atom. The standard InChI is InChI=1S/C32H50N2O6/c1-9-21(2)31(33(6)24(5)36)29(39-7)20-30(38)34-17-13-16-27(34)32(40-8)22(3)28(37)19-26(23(4)35)18-25-14-11-10-12-15-25/h10-12,14-15,21-22,26-27,29,31-32H,9,13,16-20H2,1-8H3/t21-,22-,26+,27-,29+,31-,32+/m0/s1. The highest BCUT2D eigenvalue weighted by Crippen LogP contribution is 2.30. The zero-order valence-electron chi connectivity index (χ0n) is 25.7. The van der Waals surface area contributed by atoms with Crippen molar-refractivity contribution in [1.82, 2.24) is 9.80 Å². The third kappa shape index (κ3) is 8.71. The molecule has 0 bridgehead atoms. The number of hydrogen-bond acceptors (Lipinski definition) is 6. The fraction of sp³-hybridized carbons (Fsp3) is 0.688. The molecule has 1 fully saturated rings. The molecule has 0 radical (unpaired) electrons. The molecule has 8 nitrogen and oxygen atoms in total. The molecule has 0 aromatic heterocycles. The number of rotatable bonds is 16. The van der Waals surface area contributed by atoms with Crippen molar-refractivity contribution in [3.05, 3.63) is 35.9 Å². The molecule has 40 heavy (non-hydrogen) atoms. The van der Waals surface area contributed by atoms with Crippen LogP contribution in [0.15, 0.2) is 30.3 Å². The Morgan fingerprint density at radius 1 is 1.02 bits per heavy atom. The van der Waals surface area contributed by atoms with E-state index in [9.17, 15) is 19.2 Å². The van der Waals surface area contributed by atoms with Gasteiger partial charge in [-0.2, -0.15) is 0 Å². The lowest BCUT2D eigenvalue weighted by molar-refractivity contribution is -0.145. The summed E-state index contributed by atoms with van der Waals surface area (Å²) in [7, 11) is 4.93. The highest BCUT2D eigenvalue weighted by Gasteiger charge is 2.42. The van der Waals surface area contributed by atoms with Crippen molar-refractivity contribution in [2.45, 2.75) is 97.4 Å². The van der Waals surface area contributed by atoms with Crippen LogP contribution in [0.4, 0.5) is 0 Å². The van der Waals surface area contributed by atoms with E-state index in [4.69, 9.17) is 9.47 Å². The summed E-state index contributed by atoms with van der Waals surface area (Å²) in [6.45, 7) is 9.63. The van der Waals surface area contributed by atoms with Gasteiger partial charge in [0.05, 0.1) is 30.7 Å². The van der Waals surface area contributed by atoms with Crippen molar-refractivity contribution in [1.29, 1.82) is 0 Å². The van der Waals surface area contributed by atoms with Crippen molar-refractivity contribution in [3.63, 3.8) is 0 Å². The van der Waals surface area contributed by atoms with E-state index < -0.39 is 24.0 Å². The number of carbonyl (C=O) groups is 4. The number of Topliss-reactive ketones (excluding diaryl/α,β-unsaturated/α-hetero) is 2. The van der Waals surface area contributed by atoms with Crippen LogP contribution in [0.25, 0.3) is 0 Å². The van der Waals surface area contributed by atoms with Gasteiger partial charge in [0.15, 0.2) is 0 Å². The van der Waals surface area contributed by atoms with Crippen LogP contribution in [0.2, 0.25) is 0 Å². The second kappa shape index (κ2) is 16.0. The molecule has 1 aromatic rings.